The second kappa shape index (κ2) is 9.76. The predicted octanol–water partition coefficient (Wildman–Crippen LogP) is 2.95. The summed E-state index contributed by atoms with van der Waals surface area (Å²) in [7, 11) is 5.22. The van der Waals surface area contributed by atoms with E-state index in [1.807, 2.05) is 36.4 Å². The summed E-state index contributed by atoms with van der Waals surface area (Å²) in [6.07, 6.45) is 0. The van der Waals surface area contributed by atoms with Crippen LogP contribution in [-0.2, 0) is 4.74 Å². The van der Waals surface area contributed by atoms with Crippen LogP contribution in [0.1, 0.15) is 28.9 Å². The van der Waals surface area contributed by atoms with Gasteiger partial charge in [0.2, 0.25) is 0 Å². The van der Waals surface area contributed by atoms with Gasteiger partial charge in [-0.2, -0.15) is 0 Å². The average molecular weight is 398 g/mol. The molecule has 2 aromatic carbocycles. The zero-order chi connectivity index (χ0) is 20.8. The van der Waals surface area contributed by atoms with E-state index in [4.69, 9.17) is 9.47 Å². The lowest BCUT2D eigenvalue weighted by atomic mass is 10.1. The third kappa shape index (κ3) is 5.28. The van der Waals surface area contributed by atoms with Gasteiger partial charge in [-0.05, 0) is 48.9 Å². The van der Waals surface area contributed by atoms with E-state index in [0.717, 1.165) is 24.5 Å². The quantitative estimate of drug-likeness (QED) is 0.779. The van der Waals surface area contributed by atoms with Gasteiger partial charge in [-0.25, -0.2) is 0 Å². The van der Waals surface area contributed by atoms with Crippen molar-refractivity contribution in [3.05, 3.63) is 59.7 Å². The van der Waals surface area contributed by atoms with Crippen molar-refractivity contribution in [3.8, 4) is 5.75 Å². The van der Waals surface area contributed by atoms with Gasteiger partial charge in [0.1, 0.15) is 5.75 Å². The zero-order valence-electron chi connectivity index (χ0n) is 17.7. The van der Waals surface area contributed by atoms with Gasteiger partial charge in [-0.15, -0.1) is 0 Å². The zero-order valence-corrected chi connectivity index (χ0v) is 17.7. The number of benzene rings is 2. The Balaban J connectivity index is 1.65. The fourth-order valence-electron chi connectivity index (χ4n) is 3.56. The van der Waals surface area contributed by atoms with Gasteiger partial charge in [0.05, 0.1) is 26.4 Å². The second-order valence-electron chi connectivity index (χ2n) is 7.58. The van der Waals surface area contributed by atoms with Crippen molar-refractivity contribution < 1.29 is 14.3 Å². The molecule has 1 heterocycles. The Morgan fingerprint density at radius 3 is 2.72 bits per heavy atom. The van der Waals surface area contributed by atoms with Crippen LogP contribution in [0.2, 0.25) is 0 Å². The lowest BCUT2D eigenvalue weighted by Gasteiger charge is -2.38. The Morgan fingerprint density at radius 2 is 2.03 bits per heavy atom. The maximum Gasteiger partial charge on any atom is 0.253 e. The molecule has 1 aliphatic rings. The van der Waals surface area contributed by atoms with Crippen LogP contribution in [0.15, 0.2) is 48.5 Å². The van der Waals surface area contributed by atoms with E-state index in [1.54, 1.807) is 26.1 Å². The Morgan fingerprint density at radius 1 is 1.28 bits per heavy atom. The lowest BCUT2D eigenvalue weighted by Crippen LogP contribution is -2.50. The fourth-order valence-corrected chi connectivity index (χ4v) is 3.56. The molecule has 1 saturated heterocycles. The molecule has 0 aliphatic carbocycles. The van der Waals surface area contributed by atoms with E-state index in [9.17, 15) is 4.79 Å². The predicted molar refractivity (Wildman–Crippen MR) is 116 cm³/mol. The molecular weight excluding hydrogens is 366 g/mol. The summed E-state index contributed by atoms with van der Waals surface area (Å²) in [4.78, 5) is 16.1. The molecule has 0 saturated carbocycles. The van der Waals surface area contributed by atoms with Crippen molar-refractivity contribution in [2.45, 2.75) is 19.0 Å². The minimum atomic E-state index is 0.0175. The van der Waals surface area contributed by atoms with Crippen molar-refractivity contribution in [2.75, 3.05) is 52.4 Å². The van der Waals surface area contributed by atoms with Crippen molar-refractivity contribution in [3.63, 3.8) is 0 Å². The maximum absolute atomic E-state index is 12.1. The number of anilines is 1. The van der Waals surface area contributed by atoms with Crippen LogP contribution < -0.4 is 15.0 Å². The number of carbonyl (C=O) groups is 1. The molecule has 6 nitrogen and oxygen atoms in total. The van der Waals surface area contributed by atoms with Crippen LogP contribution in [0, 0.1) is 0 Å². The third-order valence-corrected chi connectivity index (χ3v) is 5.33. The molecule has 0 bridgehead atoms. The highest BCUT2D eigenvalue weighted by atomic mass is 16.5. The van der Waals surface area contributed by atoms with E-state index in [2.05, 4.69) is 29.3 Å². The number of morpholine rings is 1. The van der Waals surface area contributed by atoms with Gasteiger partial charge in [0.25, 0.3) is 5.91 Å². The molecule has 156 valence electrons. The number of hydrogen-bond acceptors (Lipinski definition) is 5. The van der Waals surface area contributed by atoms with Crippen LogP contribution in [0.4, 0.5) is 5.69 Å². The van der Waals surface area contributed by atoms with Gasteiger partial charge in [0.15, 0.2) is 0 Å². The maximum atomic E-state index is 12.1. The highest BCUT2D eigenvalue weighted by Crippen LogP contribution is 2.22. The summed E-state index contributed by atoms with van der Waals surface area (Å²) in [5.74, 6) is 0.884. The molecule has 1 fully saturated rings. The molecule has 1 aliphatic heterocycles. The summed E-state index contributed by atoms with van der Waals surface area (Å²) in [6.45, 7) is 5.18. The van der Waals surface area contributed by atoms with Crippen molar-refractivity contribution in [1.82, 2.24) is 10.2 Å². The molecule has 2 atom stereocenters. The number of nitrogens with zero attached hydrogens (tertiary/aromatic N) is 2. The van der Waals surface area contributed by atoms with Crippen LogP contribution in [0.3, 0.4) is 0 Å². The van der Waals surface area contributed by atoms with Gasteiger partial charge in [-0.3, -0.25) is 4.79 Å². The Hall–Kier alpha value is -2.57. The van der Waals surface area contributed by atoms with Gasteiger partial charge in [0, 0.05) is 44.5 Å². The molecule has 6 heteroatoms. The minimum Gasteiger partial charge on any atom is -0.497 e. The van der Waals surface area contributed by atoms with Crippen molar-refractivity contribution in [2.24, 2.45) is 0 Å². The van der Waals surface area contributed by atoms with Gasteiger partial charge < -0.3 is 24.6 Å². The van der Waals surface area contributed by atoms with Gasteiger partial charge in [-0.1, -0.05) is 12.1 Å². The van der Waals surface area contributed by atoms with E-state index in [0.29, 0.717) is 18.8 Å². The smallest absolute Gasteiger partial charge is 0.253 e. The molecule has 2 aromatic rings. The third-order valence-electron chi connectivity index (χ3n) is 5.33. The van der Waals surface area contributed by atoms with Crippen LogP contribution >= 0.6 is 0 Å². The highest BCUT2D eigenvalue weighted by molar-refractivity contribution is 5.94. The SMILES string of the molecule is COc1cccc([C@@H](C)NCC2COCCN2c2ccc(C(=O)N(C)C)cc2)c1. The van der Waals surface area contributed by atoms with Crippen LogP contribution in [0.5, 0.6) is 5.75 Å². The molecular formula is C23H31N3O3. The van der Waals surface area contributed by atoms with E-state index in [-0.39, 0.29) is 18.0 Å². The average Bonchev–Trinajstić information content (AvgIpc) is 2.77. The minimum absolute atomic E-state index is 0.0175. The number of ether oxygens (including phenoxy) is 2. The molecule has 29 heavy (non-hydrogen) atoms. The molecule has 0 aromatic heterocycles. The Kier molecular flexibility index (Phi) is 7.12. The summed E-state index contributed by atoms with van der Waals surface area (Å²) in [5.41, 5.74) is 3.01. The summed E-state index contributed by atoms with van der Waals surface area (Å²) in [5, 5.41) is 3.63. The fraction of sp³-hybridized carbons (Fsp3) is 0.435. The first kappa shape index (κ1) is 21.1. The Bertz CT molecular complexity index is 807. The number of carbonyl (C=O) groups excluding carboxylic acids is 1. The largest absolute Gasteiger partial charge is 0.497 e. The normalized spacial score (nSPS) is 17.7. The van der Waals surface area contributed by atoms with Crippen LogP contribution in [0.25, 0.3) is 0 Å². The summed E-state index contributed by atoms with van der Waals surface area (Å²) in [6, 6.07) is 16.4. The highest BCUT2D eigenvalue weighted by Gasteiger charge is 2.24. The topological polar surface area (TPSA) is 54.0 Å². The number of rotatable bonds is 7. The lowest BCUT2D eigenvalue weighted by molar-refractivity contribution is 0.0827. The number of hydrogen-bond donors (Lipinski definition) is 1. The molecule has 0 radical (unpaired) electrons. The summed E-state index contributed by atoms with van der Waals surface area (Å²) >= 11 is 0. The molecule has 1 N–H and O–H groups in total. The van der Waals surface area contributed by atoms with E-state index in [1.165, 1.54) is 5.56 Å². The second-order valence-corrected chi connectivity index (χ2v) is 7.58. The summed E-state index contributed by atoms with van der Waals surface area (Å²) < 4.78 is 11.1. The number of methoxy groups -OCH3 is 1. The van der Waals surface area contributed by atoms with Crippen molar-refractivity contribution >= 4 is 11.6 Å². The monoisotopic (exact) mass is 397 g/mol. The number of amides is 1. The molecule has 1 amide bonds. The van der Waals surface area contributed by atoms with Crippen molar-refractivity contribution in [1.29, 1.82) is 0 Å². The Labute approximate surface area is 173 Å². The van der Waals surface area contributed by atoms with Gasteiger partial charge >= 0.3 is 0 Å². The van der Waals surface area contributed by atoms with E-state index >= 15 is 0 Å². The standard InChI is InChI=1S/C23H31N3O3/c1-17(19-6-5-7-22(14-19)28-4)24-15-21-16-29-13-12-26(21)20-10-8-18(9-11-20)23(27)25(2)3/h5-11,14,17,21,24H,12-13,15-16H2,1-4H3/t17-,21?/m1/s1. The van der Waals surface area contributed by atoms with E-state index < -0.39 is 0 Å². The number of nitrogens with one attached hydrogen (secondary N) is 1. The molecule has 1 unspecified atom stereocenters. The first-order chi connectivity index (χ1) is 14.0. The molecule has 3 rings (SSSR count). The first-order valence-corrected chi connectivity index (χ1v) is 10.0. The van der Waals surface area contributed by atoms with Crippen LogP contribution in [-0.4, -0.2) is 64.4 Å². The first-order valence-electron chi connectivity index (χ1n) is 10.0. The molecule has 0 spiro atoms.